The highest BCUT2D eigenvalue weighted by molar-refractivity contribution is 5.67. The van der Waals surface area contributed by atoms with Crippen LogP contribution < -0.4 is 0 Å². The summed E-state index contributed by atoms with van der Waals surface area (Å²) in [5.41, 5.74) is 0.889. The monoisotopic (exact) mass is 196 g/mol. The molecule has 0 bridgehead atoms. The molecule has 2 unspecified atom stereocenters. The SMILES string of the molecule is CC(=O)OC1(C)C=C(C)C=C(C)C1O. The molecule has 0 aromatic carbocycles. The standard InChI is InChI=1S/C11H16O3/c1-7-5-8(2)10(13)11(4,6-7)14-9(3)12/h5-6,10,13H,1-4H3. The Morgan fingerprint density at radius 1 is 1.57 bits per heavy atom. The van der Waals surface area contributed by atoms with Crippen molar-refractivity contribution in [2.45, 2.75) is 39.4 Å². The number of carbonyl (C=O) groups excluding carboxylic acids is 1. The molecule has 3 heteroatoms. The molecule has 14 heavy (non-hydrogen) atoms. The van der Waals surface area contributed by atoms with E-state index in [1.807, 2.05) is 19.9 Å². The Bertz CT molecular complexity index is 314. The van der Waals surface area contributed by atoms with Crippen molar-refractivity contribution in [3.05, 3.63) is 23.3 Å². The molecular weight excluding hydrogens is 180 g/mol. The lowest BCUT2D eigenvalue weighted by Crippen LogP contribution is -2.44. The van der Waals surface area contributed by atoms with Crippen molar-refractivity contribution in [1.29, 1.82) is 0 Å². The minimum Gasteiger partial charge on any atom is -0.452 e. The van der Waals surface area contributed by atoms with E-state index in [4.69, 9.17) is 4.74 Å². The van der Waals surface area contributed by atoms with Crippen LogP contribution in [0.1, 0.15) is 27.7 Å². The number of esters is 1. The molecule has 3 nitrogen and oxygen atoms in total. The summed E-state index contributed by atoms with van der Waals surface area (Å²) in [5.74, 6) is -0.384. The van der Waals surface area contributed by atoms with Crippen LogP contribution in [0.2, 0.25) is 0 Å². The number of aliphatic hydroxyl groups excluding tert-OH is 1. The maximum absolute atomic E-state index is 10.9. The van der Waals surface area contributed by atoms with Gasteiger partial charge in [-0.1, -0.05) is 11.6 Å². The van der Waals surface area contributed by atoms with Crippen LogP contribution in [0.5, 0.6) is 0 Å². The average Bonchev–Trinajstić information content (AvgIpc) is 1.98. The largest absolute Gasteiger partial charge is 0.452 e. The highest BCUT2D eigenvalue weighted by Gasteiger charge is 2.37. The fourth-order valence-corrected chi connectivity index (χ4v) is 1.86. The van der Waals surface area contributed by atoms with E-state index in [0.29, 0.717) is 0 Å². The Labute approximate surface area is 84.1 Å². The molecular formula is C11H16O3. The molecule has 0 spiro atoms. The van der Waals surface area contributed by atoms with Gasteiger partial charge in [-0.05, 0) is 32.4 Å². The Morgan fingerprint density at radius 2 is 2.14 bits per heavy atom. The molecule has 78 valence electrons. The Morgan fingerprint density at radius 3 is 2.64 bits per heavy atom. The quantitative estimate of drug-likeness (QED) is 0.647. The van der Waals surface area contributed by atoms with Crippen LogP contribution in [0.3, 0.4) is 0 Å². The lowest BCUT2D eigenvalue weighted by molar-refractivity contribution is -0.158. The highest BCUT2D eigenvalue weighted by atomic mass is 16.6. The van der Waals surface area contributed by atoms with Gasteiger partial charge in [0.05, 0.1) is 0 Å². The van der Waals surface area contributed by atoms with Gasteiger partial charge >= 0.3 is 5.97 Å². The molecule has 0 fully saturated rings. The van der Waals surface area contributed by atoms with E-state index in [9.17, 15) is 9.90 Å². The zero-order chi connectivity index (χ0) is 10.9. The summed E-state index contributed by atoms with van der Waals surface area (Å²) < 4.78 is 5.13. The first kappa shape index (κ1) is 11.0. The molecule has 0 amide bonds. The fraction of sp³-hybridized carbons (Fsp3) is 0.545. The molecule has 2 atom stereocenters. The van der Waals surface area contributed by atoms with Gasteiger partial charge in [-0.15, -0.1) is 0 Å². The molecule has 0 radical (unpaired) electrons. The number of carbonyl (C=O) groups is 1. The zero-order valence-electron chi connectivity index (χ0n) is 9.00. The van der Waals surface area contributed by atoms with Crippen molar-refractivity contribution in [2.75, 3.05) is 0 Å². The third kappa shape index (κ3) is 2.04. The van der Waals surface area contributed by atoms with E-state index >= 15 is 0 Å². The number of hydrogen-bond acceptors (Lipinski definition) is 3. The van der Waals surface area contributed by atoms with Crippen molar-refractivity contribution >= 4 is 5.97 Å². The Kier molecular flexibility index (Phi) is 2.81. The molecule has 0 aromatic rings. The van der Waals surface area contributed by atoms with E-state index in [1.54, 1.807) is 13.0 Å². The van der Waals surface area contributed by atoms with Crippen molar-refractivity contribution in [2.24, 2.45) is 0 Å². The molecule has 0 saturated carbocycles. The van der Waals surface area contributed by atoms with Crippen LogP contribution in [0, 0.1) is 0 Å². The van der Waals surface area contributed by atoms with Crippen molar-refractivity contribution in [3.8, 4) is 0 Å². The van der Waals surface area contributed by atoms with Crippen molar-refractivity contribution in [3.63, 3.8) is 0 Å². The van der Waals surface area contributed by atoms with E-state index in [2.05, 4.69) is 0 Å². The van der Waals surface area contributed by atoms with Gasteiger partial charge < -0.3 is 9.84 Å². The molecule has 0 heterocycles. The number of ether oxygens (including phenoxy) is 1. The van der Waals surface area contributed by atoms with Gasteiger partial charge in [-0.25, -0.2) is 0 Å². The zero-order valence-corrected chi connectivity index (χ0v) is 9.00. The summed E-state index contributed by atoms with van der Waals surface area (Å²) in [6.45, 7) is 6.79. The fourth-order valence-electron chi connectivity index (χ4n) is 1.86. The second-order valence-electron chi connectivity index (χ2n) is 3.96. The van der Waals surface area contributed by atoms with Crippen LogP contribution in [0.25, 0.3) is 0 Å². The summed E-state index contributed by atoms with van der Waals surface area (Å²) >= 11 is 0. The van der Waals surface area contributed by atoms with Crippen LogP contribution >= 0.6 is 0 Å². The first-order valence-corrected chi connectivity index (χ1v) is 4.60. The van der Waals surface area contributed by atoms with E-state index in [0.717, 1.165) is 11.1 Å². The molecule has 1 rings (SSSR count). The third-order valence-corrected chi connectivity index (χ3v) is 2.31. The molecule has 0 aliphatic heterocycles. The van der Waals surface area contributed by atoms with Crippen LogP contribution in [0.4, 0.5) is 0 Å². The van der Waals surface area contributed by atoms with E-state index in [1.165, 1.54) is 6.92 Å². The Hall–Kier alpha value is -1.09. The van der Waals surface area contributed by atoms with Gasteiger partial charge in [-0.2, -0.15) is 0 Å². The maximum Gasteiger partial charge on any atom is 0.303 e. The van der Waals surface area contributed by atoms with Gasteiger partial charge in [0.1, 0.15) is 6.10 Å². The second kappa shape index (κ2) is 3.58. The van der Waals surface area contributed by atoms with Gasteiger partial charge in [0, 0.05) is 6.92 Å². The van der Waals surface area contributed by atoms with Crippen LogP contribution in [0.15, 0.2) is 23.3 Å². The summed E-state index contributed by atoms with van der Waals surface area (Å²) in [7, 11) is 0. The predicted molar refractivity (Wildman–Crippen MR) is 53.7 cm³/mol. The molecule has 1 N–H and O–H groups in total. The number of aliphatic hydroxyl groups is 1. The third-order valence-electron chi connectivity index (χ3n) is 2.31. The topological polar surface area (TPSA) is 46.5 Å². The molecule has 0 saturated heterocycles. The summed E-state index contributed by atoms with van der Waals surface area (Å²) in [6.07, 6.45) is 2.90. The smallest absolute Gasteiger partial charge is 0.303 e. The lowest BCUT2D eigenvalue weighted by atomic mass is 9.86. The maximum atomic E-state index is 10.9. The first-order chi connectivity index (χ1) is 6.35. The number of rotatable bonds is 1. The van der Waals surface area contributed by atoms with Crippen LogP contribution in [-0.4, -0.2) is 22.8 Å². The normalized spacial score (nSPS) is 31.9. The minimum atomic E-state index is -0.922. The predicted octanol–water partition coefficient (Wildman–Crippen LogP) is 1.58. The molecule has 1 aliphatic carbocycles. The van der Waals surface area contributed by atoms with E-state index in [-0.39, 0.29) is 5.97 Å². The average molecular weight is 196 g/mol. The lowest BCUT2D eigenvalue weighted by Gasteiger charge is -2.34. The Balaban J connectivity index is 2.99. The summed E-state index contributed by atoms with van der Waals surface area (Å²) in [4.78, 5) is 10.9. The molecule has 1 aliphatic rings. The number of hydrogen-bond donors (Lipinski definition) is 1. The number of allylic oxidation sites excluding steroid dienone is 2. The second-order valence-corrected chi connectivity index (χ2v) is 3.96. The summed E-state index contributed by atoms with van der Waals surface area (Å²) in [6, 6.07) is 0. The molecule has 0 aromatic heterocycles. The summed E-state index contributed by atoms with van der Waals surface area (Å²) in [5, 5.41) is 9.87. The van der Waals surface area contributed by atoms with Gasteiger partial charge in [0.25, 0.3) is 0 Å². The minimum absolute atomic E-state index is 0.384. The van der Waals surface area contributed by atoms with Crippen molar-refractivity contribution < 1.29 is 14.6 Å². The van der Waals surface area contributed by atoms with Crippen LogP contribution in [-0.2, 0) is 9.53 Å². The van der Waals surface area contributed by atoms with Gasteiger partial charge in [0.15, 0.2) is 5.60 Å². The van der Waals surface area contributed by atoms with Gasteiger partial charge in [-0.3, -0.25) is 4.79 Å². The van der Waals surface area contributed by atoms with Crippen molar-refractivity contribution in [1.82, 2.24) is 0 Å². The van der Waals surface area contributed by atoms with E-state index < -0.39 is 11.7 Å². The first-order valence-electron chi connectivity index (χ1n) is 4.60. The highest BCUT2D eigenvalue weighted by Crippen LogP contribution is 2.29. The van der Waals surface area contributed by atoms with Gasteiger partial charge in [0.2, 0.25) is 0 Å².